The Kier molecular flexibility index (Phi) is 4.28. The highest BCUT2D eigenvalue weighted by Crippen LogP contribution is 2.64. The minimum absolute atomic E-state index is 0.369. The van der Waals surface area contributed by atoms with Gasteiger partial charge in [-0.2, -0.15) is 0 Å². The second-order valence-electron chi connectivity index (χ2n) is 2.06. The molecule has 0 saturated heterocycles. The predicted molar refractivity (Wildman–Crippen MR) is 46.7 cm³/mol. The third-order valence-corrected chi connectivity index (χ3v) is 6.66. The van der Waals surface area contributed by atoms with E-state index in [0.29, 0.717) is 11.4 Å². The quantitative estimate of drug-likeness (QED) is 0.627. The molecule has 56 valence electrons. The Morgan fingerprint density at radius 2 is 2.11 bits per heavy atom. The smallest absolute Gasteiger partial charge is 0.221 e. The van der Waals surface area contributed by atoms with Gasteiger partial charge in [-0.15, -0.1) is 0 Å². The zero-order chi connectivity index (χ0) is 7.49. The molecule has 0 aromatic rings. The lowest BCUT2D eigenvalue weighted by atomic mass is 10.6. The summed E-state index contributed by atoms with van der Waals surface area (Å²) in [5.41, 5.74) is -2.34. The van der Waals surface area contributed by atoms with Crippen molar-refractivity contribution < 1.29 is 4.57 Å². The molecule has 0 fully saturated rings. The molecule has 0 N–H and O–H groups in total. The van der Waals surface area contributed by atoms with Crippen molar-refractivity contribution >= 4 is 28.3 Å². The van der Waals surface area contributed by atoms with E-state index < -0.39 is 5.70 Å². The van der Waals surface area contributed by atoms with Gasteiger partial charge in [-0.1, -0.05) is 32.2 Å². The third kappa shape index (κ3) is 5.32. The summed E-state index contributed by atoms with van der Waals surface area (Å²) in [6, 6.07) is 0. The third-order valence-electron chi connectivity index (χ3n) is 0.746. The van der Waals surface area contributed by atoms with E-state index in [9.17, 15) is 4.57 Å². The fourth-order valence-electron chi connectivity index (χ4n) is 0.389. The van der Waals surface area contributed by atoms with Crippen molar-refractivity contribution in [1.82, 2.24) is 0 Å². The van der Waals surface area contributed by atoms with E-state index in [4.69, 9.17) is 11.2 Å². The summed E-state index contributed by atoms with van der Waals surface area (Å²) in [7, 11) is 0. The monoisotopic (exact) mass is 186 g/mol. The first-order valence-corrected chi connectivity index (χ1v) is 7.23. The second-order valence-corrected chi connectivity index (χ2v) is 9.67. The van der Waals surface area contributed by atoms with Crippen LogP contribution in [0.3, 0.4) is 0 Å². The summed E-state index contributed by atoms with van der Waals surface area (Å²) in [4.78, 5) is 0. The molecule has 0 bridgehead atoms. The fourth-order valence-corrected chi connectivity index (χ4v) is 4.94. The lowest BCUT2D eigenvalue weighted by molar-refractivity contribution is 0.593. The molecule has 0 saturated carbocycles. The van der Waals surface area contributed by atoms with Crippen LogP contribution >= 0.6 is 28.3 Å². The van der Waals surface area contributed by atoms with Crippen LogP contribution in [0.15, 0.2) is 0 Å². The molecule has 0 aliphatic heterocycles. The lowest BCUT2D eigenvalue weighted by Crippen LogP contribution is -1.84. The van der Waals surface area contributed by atoms with Gasteiger partial charge in [0.05, 0.1) is 0 Å². The second kappa shape index (κ2) is 3.90. The van der Waals surface area contributed by atoms with Crippen LogP contribution in [0.25, 0.3) is 0 Å². The molecule has 0 aromatic carbocycles. The van der Waals surface area contributed by atoms with E-state index in [1.54, 1.807) is 0 Å². The van der Waals surface area contributed by atoms with Crippen molar-refractivity contribution in [2.75, 3.05) is 6.16 Å². The molecular formula is C5H12ClOPS. The summed E-state index contributed by atoms with van der Waals surface area (Å²) in [6.07, 6.45) is 0.581. The van der Waals surface area contributed by atoms with Crippen molar-refractivity contribution in [2.24, 2.45) is 0 Å². The van der Waals surface area contributed by atoms with Gasteiger partial charge in [0.25, 0.3) is 0 Å². The van der Waals surface area contributed by atoms with E-state index in [1.807, 2.05) is 20.8 Å². The van der Waals surface area contributed by atoms with Crippen molar-refractivity contribution in [2.45, 2.75) is 26.0 Å². The van der Waals surface area contributed by atoms with E-state index >= 15 is 0 Å². The highest BCUT2D eigenvalue weighted by molar-refractivity contribution is 8.65. The molecule has 1 atom stereocenters. The molecule has 0 heterocycles. The molecular weight excluding hydrogens is 175 g/mol. The number of halogens is 1. The maximum absolute atomic E-state index is 11.1. The minimum atomic E-state index is -2.34. The molecule has 1 unspecified atom stereocenters. The van der Waals surface area contributed by atoms with Crippen molar-refractivity contribution in [3.8, 4) is 0 Å². The molecule has 0 aromatic heterocycles. The van der Waals surface area contributed by atoms with Crippen LogP contribution < -0.4 is 0 Å². The number of hydrogen-bond acceptors (Lipinski definition) is 2. The number of hydrogen-bond donors (Lipinski definition) is 0. The predicted octanol–water partition coefficient (Wildman–Crippen LogP) is 3.58. The first-order chi connectivity index (χ1) is 3.98. The Labute approximate surface area is 65.5 Å². The Morgan fingerprint density at radius 3 is 2.22 bits per heavy atom. The lowest BCUT2D eigenvalue weighted by Gasteiger charge is -2.08. The van der Waals surface area contributed by atoms with E-state index in [-0.39, 0.29) is 0 Å². The van der Waals surface area contributed by atoms with Crippen LogP contribution in [0.2, 0.25) is 0 Å². The van der Waals surface area contributed by atoms with Gasteiger partial charge in [-0.3, -0.25) is 4.57 Å². The minimum Gasteiger partial charge on any atom is -0.295 e. The Bertz CT molecular complexity index is 126. The average molecular weight is 187 g/mol. The Hall–Kier alpha value is 0.870. The van der Waals surface area contributed by atoms with Gasteiger partial charge in [-0.25, -0.2) is 0 Å². The van der Waals surface area contributed by atoms with Crippen LogP contribution in [0.5, 0.6) is 0 Å². The summed E-state index contributed by atoms with van der Waals surface area (Å²) >= 11 is 7.01. The highest BCUT2D eigenvalue weighted by Gasteiger charge is 2.17. The summed E-state index contributed by atoms with van der Waals surface area (Å²) in [5.74, 6) is 0. The summed E-state index contributed by atoms with van der Waals surface area (Å²) in [6.45, 7) is 5.84. The first-order valence-electron chi connectivity index (χ1n) is 2.95. The SMILES string of the molecule is CCP(=O)(Cl)SC(C)C. The highest BCUT2D eigenvalue weighted by atomic mass is 35.7. The zero-order valence-electron chi connectivity index (χ0n) is 5.93. The standard InChI is InChI=1S/C5H12ClOPS/c1-4-8(6,7)9-5(2)3/h5H,4H2,1-3H3. The topological polar surface area (TPSA) is 17.1 Å². The molecule has 4 heteroatoms. The van der Waals surface area contributed by atoms with Crippen LogP contribution in [0.1, 0.15) is 20.8 Å². The van der Waals surface area contributed by atoms with Crippen molar-refractivity contribution in [1.29, 1.82) is 0 Å². The molecule has 0 aliphatic rings. The molecule has 0 radical (unpaired) electrons. The molecule has 0 aliphatic carbocycles. The van der Waals surface area contributed by atoms with Gasteiger partial charge in [0.2, 0.25) is 5.70 Å². The van der Waals surface area contributed by atoms with E-state index in [1.165, 1.54) is 11.4 Å². The van der Waals surface area contributed by atoms with Gasteiger partial charge >= 0.3 is 0 Å². The zero-order valence-corrected chi connectivity index (χ0v) is 8.39. The first kappa shape index (κ1) is 9.87. The van der Waals surface area contributed by atoms with Crippen molar-refractivity contribution in [3.63, 3.8) is 0 Å². The molecule has 0 amide bonds. The maximum atomic E-state index is 11.1. The van der Waals surface area contributed by atoms with Gasteiger partial charge < -0.3 is 0 Å². The van der Waals surface area contributed by atoms with Gasteiger partial charge in [-0.05, 0) is 11.2 Å². The Balaban J connectivity index is 3.73. The van der Waals surface area contributed by atoms with Crippen molar-refractivity contribution in [3.05, 3.63) is 0 Å². The van der Waals surface area contributed by atoms with Gasteiger partial charge in [0.1, 0.15) is 0 Å². The van der Waals surface area contributed by atoms with E-state index in [2.05, 4.69) is 0 Å². The van der Waals surface area contributed by atoms with Crippen LogP contribution in [-0.2, 0) is 4.57 Å². The van der Waals surface area contributed by atoms with Gasteiger partial charge in [0.15, 0.2) is 0 Å². The molecule has 9 heavy (non-hydrogen) atoms. The molecule has 1 nitrogen and oxygen atoms in total. The normalized spacial score (nSPS) is 17.9. The van der Waals surface area contributed by atoms with Crippen LogP contribution in [-0.4, -0.2) is 11.4 Å². The average Bonchev–Trinajstić information content (AvgIpc) is 1.63. The maximum Gasteiger partial charge on any atom is 0.221 e. The molecule has 0 spiro atoms. The largest absolute Gasteiger partial charge is 0.295 e. The fraction of sp³-hybridized carbons (Fsp3) is 1.00. The molecule has 0 rings (SSSR count). The van der Waals surface area contributed by atoms with Gasteiger partial charge in [0, 0.05) is 11.4 Å². The summed E-state index contributed by atoms with van der Waals surface area (Å²) < 4.78 is 11.1. The van der Waals surface area contributed by atoms with E-state index in [0.717, 1.165) is 0 Å². The van der Waals surface area contributed by atoms with Crippen LogP contribution in [0.4, 0.5) is 0 Å². The number of rotatable bonds is 3. The summed E-state index contributed by atoms with van der Waals surface area (Å²) in [5, 5.41) is 0.369. The van der Waals surface area contributed by atoms with Crippen LogP contribution in [0, 0.1) is 0 Å². The Morgan fingerprint density at radius 1 is 1.67 bits per heavy atom.